The van der Waals surface area contributed by atoms with Crippen LogP contribution in [0.1, 0.15) is 25.7 Å². The molecule has 2 unspecified atom stereocenters. The van der Waals surface area contributed by atoms with Gasteiger partial charge >= 0.3 is 22.4 Å². The van der Waals surface area contributed by atoms with E-state index >= 15 is 0 Å². The van der Waals surface area contributed by atoms with Crippen LogP contribution in [0.2, 0.25) is 0 Å². The summed E-state index contributed by atoms with van der Waals surface area (Å²) in [5, 5.41) is 20.8. The second-order valence-electron chi connectivity index (χ2n) is 3.20. The molecular weight excluding hydrogens is 268 g/mol. The third kappa shape index (κ3) is 3.50. The summed E-state index contributed by atoms with van der Waals surface area (Å²) in [6, 6.07) is 0. The summed E-state index contributed by atoms with van der Waals surface area (Å²) in [4.78, 5) is 20.8. The molecule has 0 amide bonds. The van der Waals surface area contributed by atoms with E-state index in [4.69, 9.17) is 0 Å². The van der Waals surface area contributed by atoms with Crippen molar-refractivity contribution in [1.29, 1.82) is 0 Å². The second kappa shape index (κ2) is 5.42. The van der Waals surface area contributed by atoms with Gasteiger partial charge in [-0.05, 0) is 31.1 Å². The zero-order valence-corrected chi connectivity index (χ0v) is 8.40. The van der Waals surface area contributed by atoms with Crippen molar-refractivity contribution >= 4 is 11.9 Å². The van der Waals surface area contributed by atoms with Gasteiger partial charge in [-0.15, -0.1) is 0 Å². The predicted octanol–water partition coefficient (Wildman–Crippen LogP) is -1.71. The Morgan fingerprint density at radius 3 is 1.69 bits per heavy atom. The molecule has 13 heavy (non-hydrogen) atoms. The average Bonchev–Trinajstić information content (AvgIpc) is 2.04. The molecule has 0 spiro atoms. The molecule has 0 aromatic carbocycles. The fourth-order valence-corrected chi connectivity index (χ4v) is 1.62. The Morgan fingerprint density at radius 2 is 1.38 bits per heavy atom. The molecule has 1 saturated carbocycles. The molecular formula is C8H10AgO4. The molecule has 0 saturated heterocycles. The monoisotopic (exact) mass is 277 g/mol. The van der Waals surface area contributed by atoms with Crippen LogP contribution in [0.4, 0.5) is 0 Å². The van der Waals surface area contributed by atoms with Crippen LogP contribution in [0.5, 0.6) is 0 Å². The number of carbonyl (C=O) groups is 2. The summed E-state index contributed by atoms with van der Waals surface area (Å²) in [6.07, 6.45) is 1.88. The number of rotatable bonds is 2. The predicted molar refractivity (Wildman–Crippen MR) is 35.5 cm³/mol. The number of hydrogen-bond acceptors (Lipinski definition) is 4. The number of carbonyl (C=O) groups excluding carboxylic acids is 2. The van der Waals surface area contributed by atoms with Crippen LogP contribution in [0, 0.1) is 11.8 Å². The average molecular weight is 278 g/mol. The minimum atomic E-state index is -1.14. The van der Waals surface area contributed by atoms with Crippen LogP contribution in [-0.4, -0.2) is 11.9 Å². The summed E-state index contributed by atoms with van der Waals surface area (Å²) in [5.41, 5.74) is 0. The van der Waals surface area contributed by atoms with Crippen molar-refractivity contribution in [2.24, 2.45) is 11.8 Å². The van der Waals surface area contributed by atoms with Crippen LogP contribution < -0.4 is 10.2 Å². The summed E-state index contributed by atoms with van der Waals surface area (Å²) in [6.45, 7) is 0. The van der Waals surface area contributed by atoms with Gasteiger partial charge in [0.15, 0.2) is 0 Å². The largest absolute Gasteiger partial charge is 2.00 e. The quantitative estimate of drug-likeness (QED) is 0.563. The Balaban J connectivity index is 0.00000144. The van der Waals surface area contributed by atoms with Gasteiger partial charge in [-0.2, -0.15) is 0 Å². The van der Waals surface area contributed by atoms with E-state index in [2.05, 4.69) is 0 Å². The molecule has 1 rings (SSSR count). The van der Waals surface area contributed by atoms with Gasteiger partial charge in [-0.25, -0.2) is 0 Å². The maximum absolute atomic E-state index is 10.4. The topological polar surface area (TPSA) is 80.3 Å². The van der Waals surface area contributed by atoms with Crippen LogP contribution in [0.3, 0.4) is 0 Å². The molecule has 0 bridgehead atoms. The van der Waals surface area contributed by atoms with Gasteiger partial charge in [0.05, 0.1) is 0 Å². The SMILES string of the molecule is O=C([O-])C1CCCC(C(=O)[O-])C1.[Ag+2]. The summed E-state index contributed by atoms with van der Waals surface area (Å²) >= 11 is 0. The van der Waals surface area contributed by atoms with Gasteiger partial charge in [0.1, 0.15) is 0 Å². The van der Waals surface area contributed by atoms with E-state index in [1.54, 1.807) is 0 Å². The van der Waals surface area contributed by atoms with E-state index in [-0.39, 0.29) is 28.8 Å². The first-order valence-corrected chi connectivity index (χ1v) is 4.03. The molecule has 0 aromatic rings. The van der Waals surface area contributed by atoms with Crippen molar-refractivity contribution in [1.82, 2.24) is 0 Å². The van der Waals surface area contributed by atoms with Gasteiger partial charge in [0, 0.05) is 11.9 Å². The van der Waals surface area contributed by atoms with Gasteiger partial charge in [0.2, 0.25) is 0 Å². The number of carboxylic acid groups (broad SMARTS) is 2. The molecule has 0 heterocycles. The fourth-order valence-electron chi connectivity index (χ4n) is 1.62. The summed E-state index contributed by atoms with van der Waals surface area (Å²) in [7, 11) is 0. The molecule has 4 nitrogen and oxygen atoms in total. The first kappa shape index (κ1) is 12.7. The minimum Gasteiger partial charge on any atom is -0.550 e. The Morgan fingerprint density at radius 1 is 1.00 bits per heavy atom. The van der Waals surface area contributed by atoms with E-state index in [1.165, 1.54) is 0 Å². The van der Waals surface area contributed by atoms with Crippen molar-refractivity contribution in [2.45, 2.75) is 25.7 Å². The third-order valence-corrected chi connectivity index (χ3v) is 2.34. The van der Waals surface area contributed by atoms with E-state index in [9.17, 15) is 19.8 Å². The molecule has 0 aliphatic heterocycles. The first-order valence-electron chi connectivity index (χ1n) is 4.03. The summed E-state index contributed by atoms with van der Waals surface area (Å²) in [5.74, 6) is -3.47. The Hall–Kier alpha value is -0.320. The number of aliphatic carboxylic acids is 2. The molecule has 2 atom stereocenters. The molecule has 1 fully saturated rings. The normalized spacial score (nSPS) is 27.4. The smallest absolute Gasteiger partial charge is 0.550 e. The zero-order valence-electron chi connectivity index (χ0n) is 6.92. The van der Waals surface area contributed by atoms with Gasteiger partial charge in [-0.3, -0.25) is 0 Å². The fraction of sp³-hybridized carbons (Fsp3) is 0.750. The van der Waals surface area contributed by atoms with Gasteiger partial charge in [-0.1, -0.05) is 6.42 Å². The van der Waals surface area contributed by atoms with Crippen LogP contribution in [-0.2, 0) is 32.0 Å². The zero-order chi connectivity index (χ0) is 9.14. The van der Waals surface area contributed by atoms with Gasteiger partial charge in [0.25, 0.3) is 0 Å². The van der Waals surface area contributed by atoms with Crippen molar-refractivity contribution in [3.05, 3.63) is 0 Å². The van der Waals surface area contributed by atoms with Crippen LogP contribution in [0.15, 0.2) is 0 Å². The first-order chi connectivity index (χ1) is 5.61. The third-order valence-electron chi connectivity index (χ3n) is 2.34. The van der Waals surface area contributed by atoms with Crippen LogP contribution in [0.25, 0.3) is 0 Å². The van der Waals surface area contributed by atoms with Crippen molar-refractivity contribution < 1.29 is 42.2 Å². The van der Waals surface area contributed by atoms with Crippen molar-refractivity contribution in [2.75, 3.05) is 0 Å². The Labute approximate surface area is 91.8 Å². The van der Waals surface area contributed by atoms with E-state index in [0.717, 1.165) is 0 Å². The molecule has 1 radical (unpaired) electrons. The van der Waals surface area contributed by atoms with Crippen molar-refractivity contribution in [3.63, 3.8) is 0 Å². The molecule has 0 N–H and O–H groups in total. The molecule has 5 heteroatoms. The van der Waals surface area contributed by atoms with Crippen molar-refractivity contribution in [3.8, 4) is 0 Å². The molecule has 0 aromatic heterocycles. The second-order valence-corrected chi connectivity index (χ2v) is 3.20. The van der Waals surface area contributed by atoms with Gasteiger partial charge < -0.3 is 19.8 Å². The Bertz CT molecular complexity index is 184. The van der Waals surface area contributed by atoms with E-state index in [0.29, 0.717) is 19.3 Å². The molecule has 1 aliphatic rings. The molecule has 77 valence electrons. The number of hydrogen-bond donors (Lipinski definition) is 0. The number of carboxylic acids is 2. The van der Waals surface area contributed by atoms with E-state index < -0.39 is 23.8 Å². The maximum Gasteiger partial charge on any atom is 2.00 e. The van der Waals surface area contributed by atoms with Crippen LogP contribution >= 0.6 is 0 Å². The standard InChI is InChI=1S/C8H12O4.Ag/c9-7(10)5-2-1-3-6(4-5)8(11)12;/h5-6H,1-4H2,(H,9,10)(H,11,12);/q;+2/p-2. The maximum atomic E-state index is 10.4. The minimum absolute atomic E-state index is 0. The summed E-state index contributed by atoms with van der Waals surface area (Å²) < 4.78 is 0. The molecule has 1 aliphatic carbocycles. The Kier molecular flexibility index (Phi) is 5.29. The van der Waals surface area contributed by atoms with E-state index in [1.807, 2.05) is 0 Å².